The smallest absolute Gasteiger partial charge is 0.128 e. The first-order chi connectivity index (χ1) is 7.99. The SMILES string of the molecule is Cc1cc(F)c(C(C)NCC2CC2C)cc1F. The lowest BCUT2D eigenvalue weighted by molar-refractivity contribution is 0.499. The van der Waals surface area contributed by atoms with Crippen LogP contribution in [0.4, 0.5) is 8.78 Å². The van der Waals surface area contributed by atoms with Crippen LogP contribution in [-0.2, 0) is 0 Å². The summed E-state index contributed by atoms with van der Waals surface area (Å²) in [4.78, 5) is 0. The third-order valence-corrected chi connectivity index (χ3v) is 3.71. The quantitative estimate of drug-likeness (QED) is 0.846. The molecule has 1 saturated carbocycles. The molecule has 3 heteroatoms. The zero-order valence-corrected chi connectivity index (χ0v) is 10.6. The van der Waals surface area contributed by atoms with Crippen LogP contribution in [0, 0.1) is 30.4 Å². The lowest BCUT2D eigenvalue weighted by Crippen LogP contribution is -2.22. The average molecular weight is 239 g/mol. The van der Waals surface area contributed by atoms with E-state index in [0.29, 0.717) is 17.0 Å². The molecule has 94 valence electrons. The molecule has 3 unspecified atom stereocenters. The van der Waals surface area contributed by atoms with Crippen molar-refractivity contribution >= 4 is 0 Å². The first-order valence-electron chi connectivity index (χ1n) is 6.18. The van der Waals surface area contributed by atoms with Crippen LogP contribution in [-0.4, -0.2) is 6.54 Å². The molecule has 3 atom stereocenters. The predicted octanol–water partition coefficient (Wildman–Crippen LogP) is 3.58. The summed E-state index contributed by atoms with van der Waals surface area (Å²) >= 11 is 0. The van der Waals surface area contributed by atoms with E-state index in [9.17, 15) is 8.78 Å². The summed E-state index contributed by atoms with van der Waals surface area (Å²) in [5, 5.41) is 3.27. The summed E-state index contributed by atoms with van der Waals surface area (Å²) < 4.78 is 27.1. The van der Waals surface area contributed by atoms with Crippen LogP contribution >= 0.6 is 0 Å². The van der Waals surface area contributed by atoms with Crippen LogP contribution in [0.5, 0.6) is 0 Å². The molecular weight excluding hydrogens is 220 g/mol. The maximum absolute atomic E-state index is 13.7. The summed E-state index contributed by atoms with van der Waals surface area (Å²) in [6, 6.07) is 2.43. The average Bonchev–Trinajstić information content (AvgIpc) is 2.96. The van der Waals surface area contributed by atoms with E-state index in [1.807, 2.05) is 6.92 Å². The molecule has 1 aromatic rings. The van der Waals surface area contributed by atoms with E-state index in [4.69, 9.17) is 0 Å². The second kappa shape index (κ2) is 4.73. The molecule has 0 aliphatic heterocycles. The second-order valence-corrected chi connectivity index (χ2v) is 5.23. The third-order valence-electron chi connectivity index (χ3n) is 3.71. The highest BCUT2D eigenvalue weighted by Crippen LogP contribution is 2.37. The van der Waals surface area contributed by atoms with Crippen molar-refractivity contribution in [2.45, 2.75) is 33.2 Å². The van der Waals surface area contributed by atoms with Crippen LogP contribution in [0.1, 0.15) is 37.4 Å². The molecule has 1 fully saturated rings. The summed E-state index contributed by atoms with van der Waals surface area (Å²) in [6.45, 7) is 6.55. The van der Waals surface area contributed by atoms with Crippen molar-refractivity contribution in [3.05, 3.63) is 34.9 Å². The minimum Gasteiger partial charge on any atom is -0.310 e. The number of hydrogen-bond donors (Lipinski definition) is 1. The van der Waals surface area contributed by atoms with Gasteiger partial charge >= 0.3 is 0 Å². The van der Waals surface area contributed by atoms with Crippen molar-refractivity contribution in [3.8, 4) is 0 Å². The number of nitrogens with one attached hydrogen (secondary N) is 1. The van der Waals surface area contributed by atoms with Gasteiger partial charge < -0.3 is 5.32 Å². The Morgan fingerprint density at radius 3 is 2.59 bits per heavy atom. The van der Waals surface area contributed by atoms with E-state index in [1.165, 1.54) is 18.6 Å². The summed E-state index contributed by atoms with van der Waals surface area (Å²) in [7, 11) is 0. The minimum absolute atomic E-state index is 0.141. The van der Waals surface area contributed by atoms with Crippen LogP contribution in [0.15, 0.2) is 12.1 Å². The van der Waals surface area contributed by atoms with Crippen LogP contribution in [0.2, 0.25) is 0 Å². The largest absolute Gasteiger partial charge is 0.310 e. The highest BCUT2D eigenvalue weighted by molar-refractivity contribution is 5.27. The lowest BCUT2D eigenvalue weighted by atomic mass is 10.0. The summed E-state index contributed by atoms with van der Waals surface area (Å²) in [5.74, 6) is 0.813. The molecule has 0 heterocycles. The fourth-order valence-corrected chi connectivity index (χ4v) is 2.12. The number of benzene rings is 1. The Morgan fingerprint density at radius 1 is 1.35 bits per heavy atom. The van der Waals surface area contributed by atoms with Gasteiger partial charge in [-0.2, -0.15) is 0 Å². The first-order valence-corrected chi connectivity index (χ1v) is 6.18. The highest BCUT2D eigenvalue weighted by Gasteiger charge is 2.32. The van der Waals surface area contributed by atoms with Crippen molar-refractivity contribution in [1.82, 2.24) is 5.32 Å². The van der Waals surface area contributed by atoms with Gasteiger partial charge in [-0.1, -0.05) is 6.92 Å². The van der Waals surface area contributed by atoms with Gasteiger partial charge in [-0.15, -0.1) is 0 Å². The molecule has 1 N–H and O–H groups in total. The van der Waals surface area contributed by atoms with Gasteiger partial charge in [0, 0.05) is 11.6 Å². The van der Waals surface area contributed by atoms with Gasteiger partial charge in [0.25, 0.3) is 0 Å². The third kappa shape index (κ3) is 2.83. The fraction of sp³-hybridized carbons (Fsp3) is 0.571. The Balaban J connectivity index is 2.02. The molecule has 1 aliphatic rings. The molecule has 2 rings (SSSR count). The van der Waals surface area contributed by atoms with E-state index in [2.05, 4.69) is 12.2 Å². The molecule has 1 nitrogen and oxygen atoms in total. The number of rotatable bonds is 4. The van der Waals surface area contributed by atoms with E-state index >= 15 is 0 Å². The number of aryl methyl sites for hydroxylation is 1. The monoisotopic (exact) mass is 239 g/mol. The topological polar surface area (TPSA) is 12.0 Å². The van der Waals surface area contributed by atoms with Crippen molar-refractivity contribution in [2.24, 2.45) is 11.8 Å². The van der Waals surface area contributed by atoms with Gasteiger partial charge in [0.05, 0.1) is 0 Å². The second-order valence-electron chi connectivity index (χ2n) is 5.23. The Morgan fingerprint density at radius 2 is 2.00 bits per heavy atom. The van der Waals surface area contributed by atoms with Gasteiger partial charge in [0.2, 0.25) is 0 Å². The predicted molar refractivity (Wildman–Crippen MR) is 64.8 cm³/mol. The summed E-state index contributed by atoms with van der Waals surface area (Å²) in [6.07, 6.45) is 1.24. The molecule has 0 radical (unpaired) electrons. The van der Waals surface area contributed by atoms with Gasteiger partial charge in [0.15, 0.2) is 0 Å². The Kier molecular flexibility index (Phi) is 3.48. The molecule has 0 amide bonds. The Bertz CT molecular complexity index is 417. The molecular formula is C14H19F2N. The Labute approximate surface area is 101 Å². The molecule has 1 aliphatic carbocycles. The maximum atomic E-state index is 13.7. The molecule has 0 spiro atoms. The highest BCUT2D eigenvalue weighted by atomic mass is 19.1. The first kappa shape index (κ1) is 12.5. The fourth-order valence-electron chi connectivity index (χ4n) is 2.12. The zero-order valence-electron chi connectivity index (χ0n) is 10.6. The normalized spacial score (nSPS) is 24.8. The maximum Gasteiger partial charge on any atom is 0.128 e. The van der Waals surface area contributed by atoms with E-state index < -0.39 is 0 Å². The molecule has 1 aromatic carbocycles. The van der Waals surface area contributed by atoms with Crippen molar-refractivity contribution in [3.63, 3.8) is 0 Å². The van der Waals surface area contributed by atoms with Crippen molar-refractivity contribution in [1.29, 1.82) is 0 Å². The Hall–Kier alpha value is -0.960. The minimum atomic E-state index is -0.338. The molecule has 17 heavy (non-hydrogen) atoms. The van der Waals surface area contributed by atoms with Crippen LogP contribution in [0.25, 0.3) is 0 Å². The lowest BCUT2D eigenvalue weighted by Gasteiger charge is -2.15. The number of hydrogen-bond acceptors (Lipinski definition) is 1. The molecule has 0 saturated heterocycles. The van der Waals surface area contributed by atoms with Crippen LogP contribution in [0.3, 0.4) is 0 Å². The van der Waals surface area contributed by atoms with E-state index in [1.54, 1.807) is 6.92 Å². The van der Waals surface area contributed by atoms with E-state index in [0.717, 1.165) is 12.5 Å². The van der Waals surface area contributed by atoms with Crippen molar-refractivity contribution < 1.29 is 8.78 Å². The van der Waals surface area contributed by atoms with E-state index in [-0.39, 0.29) is 17.7 Å². The standard InChI is InChI=1S/C14H19F2N/c1-8-4-11(8)7-17-10(3)12-6-13(15)9(2)5-14(12)16/h5-6,8,10-11,17H,4,7H2,1-3H3. The zero-order chi connectivity index (χ0) is 12.6. The summed E-state index contributed by atoms with van der Waals surface area (Å²) in [5.41, 5.74) is 0.774. The molecule has 0 bridgehead atoms. The van der Waals surface area contributed by atoms with Gasteiger partial charge in [-0.25, -0.2) is 8.78 Å². The van der Waals surface area contributed by atoms with Crippen LogP contribution < -0.4 is 5.32 Å². The van der Waals surface area contributed by atoms with Gasteiger partial charge in [-0.3, -0.25) is 0 Å². The van der Waals surface area contributed by atoms with Gasteiger partial charge in [0.1, 0.15) is 11.6 Å². The molecule has 0 aromatic heterocycles. The van der Waals surface area contributed by atoms with Gasteiger partial charge in [-0.05, 0) is 56.3 Å². The number of halogens is 2. The van der Waals surface area contributed by atoms with Crippen molar-refractivity contribution in [2.75, 3.05) is 6.54 Å².